The van der Waals surface area contributed by atoms with Crippen molar-refractivity contribution in [2.45, 2.75) is 17.9 Å². The second kappa shape index (κ2) is 6.01. The highest BCUT2D eigenvalue weighted by molar-refractivity contribution is 7.89. The van der Waals surface area contributed by atoms with Crippen LogP contribution in [0.1, 0.15) is 6.92 Å². The third kappa shape index (κ3) is 4.36. The third-order valence-corrected chi connectivity index (χ3v) is 3.11. The van der Waals surface area contributed by atoms with Crippen molar-refractivity contribution in [3.8, 4) is 5.75 Å². The van der Waals surface area contributed by atoms with E-state index in [0.717, 1.165) is 6.92 Å². The molecule has 0 bridgehead atoms. The fourth-order valence-electron chi connectivity index (χ4n) is 1.32. The summed E-state index contributed by atoms with van der Waals surface area (Å²) < 4.78 is 54.0. The quantitative estimate of drug-likeness (QED) is 0.689. The molecule has 0 aliphatic heterocycles. The van der Waals surface area contributed by atoms with Crippen LogP contribution in [0.3, 0.4) is 0 Å². The van der Waals surface area contributed by atoms with Crippen LogP contribution in [-0.2, 0) is 14.8 Å². The lowest BCUT2D eigenvalue weighted by molar-refractivity contribution is -0.126. The number of carbonyl (C=O) groups is 2. The van der Waals surface area contributed by atoms with Crippen LogP contribution < -0.4 is 20.9 Å². The molecule has 0 saturated carbocycles. The Morgan fingerprint density at radius 3 is 2.38 bits per heavy atom. The number of primary amides is 1. The fraction of sp³-hybridized carbons (Fsp3) is 0.200. The van der Waals surface area contributed by atoms with Crippen molar-refractivity contribution in [2.24, 2.45) is 10.9 Å². The molecule has 3 amide bonds. The van der Waals surface area contributed by atoms with Gasteiger partial charge >= 0.3 is 6.03 Å². The van der Waals surface area contributed by atoms with Gasteiger partial charge in [-0.3, -0.25) is 10.1 Å². The number of sulfonamides is 1. The number of ether oxygens (including phenoxy) is 1. The number of nitrogens with one attached hydrogen (secondary N) is 1. The number of benzene rings is 1. The maximum atomic E-state index is 13.6. The van der Waals surface area contributed by atoms with Crippen LogP contribution in [0.2, 0.25) is 0 Å². The van der Waals surface area contributed by atoms with E-state index >= 15 is 0 Å². The minimum Gasteiger partial charge on any atom is -0.476 e. The second-order valence-electron chi connectivity index (χ2n) is 3.87. The smallest absolute Gasteiger partial charge is 0.318 e. The van der Waals surface area contributed by atoms with Gasteiger partial charge in [0, 0.05) is 6.07 Å². The highest BCUT2D eigenvalue weighted by atomic mass is 32.2. The Balaban J connectivity index is 3.19. The Kier molecular flexibility index (Phi) is 4.80. The van der Waals surface area contributed by atoms with E-state index in [9.17, 15) is 26.8 Å². The predicted molar refractivity (Wildman–Crippen MR) is 65.5 cm³/mol. The molecule has 1 aromatic carbocycles. The lowest BCUT2D eigenvalue weighted by atomic mass is 10.3. The molecule has 1 aromatic rings. The van der Waals surface area contributed by atoms with Gasteiger partial charge in [-0.15, -0.1) is 0 Å². The van der Waals surface area contributed by atoms with Crippen molar-refractivity contribution >= 4 is 22.0 Å². The summed E-state index contributed by atoms with van der Waals surface area (Å²) in [6.07, 6.45) is -1.49. The number of imide groups is 1. The van der Waals surface area contributed by atoms with E-state index in [2.05, 4.69) is 0 Å². The Morgan fingerprint density at radius 2 is 1.90 bits per heavy atom. The number of nitrogens with two attached hydrogens (primary N) is 2. The van der Waals surface area contributed by atoms with Crippen molar-refractivity contribution in [1.82, 2.24) is 5.32 Å². The first-order valence-corrected chi connectivity index (χ1v) is 6.85. The third-order valence-electron chi connectivity index (χ3n) is 2.19. The number of amides is 3. The number of primary sulfonamides is 1. The number of halogens is 2. The van der Waals surface area contributed by atoms with Gasteiger partial charge in [0.05, 0.1) is 0 Å². The average Bonchev–Trinajstić information content (AvgIpc) is 2.29. The standard InChI is InChI=1S/C10H11F2N3O5S/c1-4(9(16)15-10(13)17)20-8-6(12)2-5(11)3-7(8)21(14,18)19/h2-4H,1H3,(H2,14,18,19)(H3,13,15,16,17). The van der Waals surface area contributed by atoms with Gasteiger partial charge in [0.15, 0.2) is 17.7 Å². The van der Waals surface area contributed by atoms with Crippen LogP contribution in [0, 0.1) is 11.6 Å². The Bertz CT molecular complexity index is 692. The molecule has 1 unspecified atom stereocenters. The van der Waals surface area contributed by atoms with E-state index < -0.39 is 50.3 Å². The van der Waals surface area contributed by atoms with E-state index in [1.165, 1.54) is 0 Å². The molecule has 116 valence electrons. The Morgan fingerprint density at radius 1 is 1.33 bits per heavy atom. The van der Waals surface area contributed by atoms with Crippen LogP contribution in [0.15, 0.2) is 17.0 Å². The highest BCUT2D eigenvalue weighted by Gasteiger charge is 2.25. The summed E-state index contributed by atoms with van der Waals surface area (Å²) in [6, 6.07) is -0.392. The van der Waals surface area contributed by atoms with Gasteiger partial charge in [-0.25, -0.2) is 27.1 Å². The molecular formula is C10H11F2N3O5S. The molecular weight excluding hydrogens is 312 g/mol. The van der Waals surface area contributed by atoms with E-state index in [0.29, 0.717) is 12.1 Å². The van der Waals surface area contributed by atoms with Gasteiger partial charge in [-0.2, -0.15) is 0 Å². The van der Waals surface area contributed by atoms with Crippen LogP contribution >= 0.6 is 0 Å². The minimum atomic E-state index is -4.50. The summed E-state index contributed by atoms with van der Waals surface area (Å²) in [4.78, 5) is 20.9. The summed E-state index contributed by atoms with van der Waals surface area (Å²) in [6.45, 7) is 1.09. The van der Waals surface area contributed by atoms with Gasteiger partial charge in [-0.05, 0) is 13.0 Å². The molecule has 0 spiro atoms. The number of hydrogen-bond donors (Lipinski definition) is 3. The van der Waals surface area contributed by atoms with Crippen molar-refractivity contribution in [3.63, 3.8) is 0 Å². The Labute approximate surface area is 118 Å². The molecule has 0 heterocycles. The molecule has 8 nitrogen and oxygen atoms in total. The van der Waals surface area contributed by atoms with Gasteiger partial charge in [0.1, 0.15) is 10.7 Å². The fourth-order valence-corrected chi connectivity index (χ4v) is 2.00. The lowest BCUT2D eigenvalue weighted by Crippen LogP contribution is -2.42. The van der Waals surface area contributed by atoms with Gasteiger partial charge in [0.2, 0.25) is 10.0 Å². The minimum absolute atomic E-state index is 0.350. The molecule has 11 heteroatoms. The molecule has 1 atom stereocenters. The van der Waals surface area contributed by atoms with E-state index in [4.69, 9.17) is 15.6 Å². The first-order chi connectivity index (χ1) is 9.52. The number of hydrogen-bond acceptors (Lipinski definition) is 5. The molecule has 0 fully saturated rings. The second-order valence-corrected chi connectivity index (χ2v) is 5.40. The van der Waals surface area contributed by atoms with Crippen molar-refractivity contribution < 1.29 is 31.5 Å². The summed E-state index contributed by atoms with van der Waals surface area (Å²) in [5.74, 6) is -4.56. The summed E-state index contributed by atoms with van der Waals surface area (Å²) in [5, 5.41) is 6.46. The lowest BCUT2D eigenvalue weighted by Gasteiger charge is -2.16. The van der Waals surface area contributed by atoms with Crippen molar-refractivity contribution in [3.05, 3.63) is 23.8 Å². The zero-order valence-electron chi connectivity index (χ0n) is 10.6. The summed E-state index contributed by atoms with van der Waals surface area (Å²) in [7, 11) is -4.50. The van der Waals surface area contributed by atoms with E-state index in [-0.39, 0.29) is 0 Å². The molecule has 0 aliphatic rings. The number of rotatable bonds is 4. The van der Waals surface area contributed by atoms with Gasteiger partial charge in [-0.1, -0.05) is 0 Å². The average molecular weight is 323 g/mol. The SMILES string of the molecule is CC(Oc1c(F)cc(F)cc1S(N)(=O)=O)C(=O)NC(N)=O. The monoisotopic (exact) mass is 323 g/mol. The molecule has 5 N–H and O–H groups in total. The molecule has 0 radical (unpaired) electrons. The van der Waals surface area contributed by atoms with E-state index in [1.807, 2.05) is 0 Å². The van der Waals surface area contributed by atoms with E-state index in [1.54, 1.807) is 5.32 Å². The topological polar surface area (TPSA) is 142 Å². The normalized spacial score (nSPS) is 12.6. The van der Waals surface area contributed by atoms with Gasteiger partial charge < -0.3 is 10.5 Å². The highest BCUT2D eigenvalue weighted by Crippen LogP contribution is 2.28. The first kappa shape index (κ1) is 16.8. The molecule has 0 aromatic heterocycles. The molecule has 0 saturated heterocycles. The Hall–Kier alpha value is -2.27. The van der Waals surface area contributed by atoms with Crippen LogP contribution in [0.4, 0.5) is 13.6 Å². The maximum Gasteiger partial charge on any atom is 0.318 e. The maximum absolute atomic E-state index is 13.6. The molecule has 0 aliphatic carbocycles. The zero-order chi connectivity index (χ0) is 16.4. The van der Waals surface area contributed by atoms with Crippen LogP contribution in [0.5, 0.6) is 5.75 Å². The number of carbonyl (C=O) groups excluding carboxylic acids is 2. The van der Waals surface area contributed by atoms with Crippen molar-refractivity contribution in [2.75, 3.05) is 0 Å². The largest absolute Gasteiger partial charge is 0.476 e. The van der Waals surface area contributed by atoms with Crippen molar-refractivity contribution in [1.29, 1.82) is 0 Å². The summed E-state index contributed by atoms with van der Waals surface area (Å²) >= 11 is 0. The summed E-state index contributed by atoms with van der Waals surface area (Å²) in [5.41, 5.74) is 4.71. The molecule has 21 heavy (non-hydrogen) atoms. The zero-order valence-corrected chi connectivity index (χ0v) is 11.4. The van der Waals surface area contributed by atoms with Gasteiger partial charge in [0.25, 0.3) is 5.91 Å². The number of urea groups is 1. The first-order valence-electron chi connectivity index (χ1n) is 5.31. The molecule has 1 rings (SSSR count). The van der Waals surface area contributed by atoms with Crippen LogP contribution in [-0.4, -0.2) is 26.5 Å². The predicted octanol–water partition coefficient (Wildman–Crippen LogP) is -0.426. The van der Waals surface area contributed by atoms with Crippen LogP contribution in [0.25, 0.3) is 0 Å².